The summed E-state index contributed by atoms with van der Waals surface area (Å²) in [5, 5.41) is 8.65. The van der Waals surface area contributed by atoms with Crippen LogP contribution in [0.15, 0.2) is 41.9 Å². The summed E-state index contributed by atoms with van der Waals surface area (Å²) in [5.74, 6) is 0.950. The van der Waals surface area contributed by atoms with Gasteiger partial charge in [0.1, 0.15) is 10.8 Å². The lowest BCUT2D eigenvalue weighted by atomic mass is 10.2. The Morgan fingerprint density at radius 2 is 2.09 bits per heavy atom. The van der Waals surface area contributed by atoms with Gasteiger partial charge in [-0.1, -0.05) is 23.4 Å². The Kier molecular flexibility index (Phi) is 5.60. The topological polar surface area (TPSA) is 66.2 Å². The molecule has 2 rings (SSSR count). The summed E-state index contributed by atoms with van der Waals surface area (Å²) in [7, 11) is 2.95. The normalized spacial score (nSPS) is 10.3. The van der Waals surface area contributed by atoms with E-state index >= 15 is 0 Å². The number of methoxy groups -OCH3 is 2. The van der Waals surface area contributed by atoms with Crippen molar-refractivity contribution in [2.24, 2.45) is 0 Å². The average molecular weight is 319 g/mol. The minimum absolute atomic E-state index is 0.225. The van der Waals surface area contributed by atoms with Gasteiger partial charge in [-0.2, -0.15) is 0 Å². The molecule has 6 nitrogen and oxygen atoms in total. The number of esters is 1. The third kappa shape index (κ3) is 3.67. The van der Waals surface area contributed by atoms with E-state index in [1.165, 1.54) is 18.9 Å². The van der Waals surface area contributed by atoms with E-state index in [2.05, 4.69) is 16.9 Å². The standard InChI is InChI=1S/C15H17N3O3S/c1-4-9-22-14-13(15(19)21-3)16-17-18(14)10-11-5-7-12(20-2)8-6-11/h4-8H,1,9-10H2,2-3H3. The van der Waals surface area contributed by atoms with Gasteiger partial charge in [-0.25, -0.2) is 9.48 Å². The third-order valence-electron chi connectivity index (χ3n) is 2.90. The van der Waals surface area contributed by atoms with Crippen LogP contribution < -0.4 is 4.74 Å². The molecule has 1 aromatic heterocycles. The lowest BCUT2D eigenvalue weighted by Crippen LogP contribution is -2.07. The number of ether oxygens (including phenoxy) is 2. The van der Waals surface area contributed by atoms with Crippen LogP contribution in [0.1, 0.15) is 16.1 Å². The van der Waals surface area contributed by atoms with E-state index in [1.807, 2.05) is 24.3 Å². The number of rotatable bonds is 7. The van der Waals surface area contributed by atoms with Gasteiger partial charge in [0.05, 0.1) is 20.8 Å². The molecule has 0 unspecified atom stereocenters. The maximum Gasteiger partial charge on any atom is 0.361 e. The van der Waals surface area contributed by atoms with E-state index in [9.17, 15) is 4.79 Å². The smallest absolute Gasteiger partial charge is 0.361 e. The highest BCUT2D eigenvalue weighted by Gasteiger charge is 2.20. The maximum atomic E-state index is 11.8. The fourth-order valence-electron chi connectivity index (χ4n) is 1.82. The molecule has 0 spiro atoms. The Morgan fingerprint density at radius 1 is 1.36 bits per heavy atom. The van der Waals surface area contributed by atoms with Crippen molar-refractivity contribution in [1.82, 2.24) is 15.0 Å². The first kappa shape index (κ1) is 16.1. The molecule has 0 amide bonds. The van der Waals surface area contributed by atoms with Gasteiger partial charge >= 0.3 is 5.97 Å². The summed E-state index contributed by atoms with van der Waals surface area (Å²) >= 11 is 1.45. The lowest BCUT2D eigenvalue weighted by Gasteiger charge is -2.07. The molecule has 0 aliphatic heterocycles. The van der Waals surface area contributed by atoms with Gasteiger partial charge < -0.3 is 9.47 Å². The predicted octanol–water partition coefficient (Wildman–Crippen LogP) is 2.40. The Hall–Kier alpha value is -2.28. The SMILES string of the molecule is C=CCSc1c(C(=O)OC)nnn1Cc1ccc(OC)cc1. The van der Waals surface area contributed by atoms with E-state index < -0.39 is 5.97 Å². The van der Waals surface area contributed by atoms with E-state index in [0.717, 1.165) is 11.3 Å². The monoisotopic (exact) mass is 319 g/mol. The quantitative estimate of drug-likeness (QED) is 0.443. The van der Waals surface area contributed by atoms with Crippen molar-refractivity contribution >= 4 is 17.7 Å². The largest absolute Gasteiger partial charge is 0.497 e. The van der Waals surface area contributed by atoms with Crippen LogP contribution in [-0.2, 0) is 11.3 Å². The number of nitrogens with zero attached hydrogens (tertiary/aromatic N) is 3. The molecule has 0 atom stereocenters. The molecule has 1 aromatic carbocycles. The number of carbonyl (C=O) groups is 1. The van der Waals surface area contributed by atoms with Gasteiger partial charge in [-0.05, 0) is 17.7 Å². The highest BCUT2D eigenvalue weighted by atomic mass is 32.2. The van der Waals surface area contributed by atoms with Gasteiger partial charge in [0.15, 0.2) is 0 Å². The van der Waals surface area contributed by atoms with Gasteiger partial charge in [-0.15, -0.1) is 23.4 Å². The summed E-state index contributed by atoms with van der Waals surface area (Å²) in [4.78, 5) is 11.8. The Balaban J connectivity index is 2.26. The number of hydrogen-bond donors (Lipinski definition) is 0. The van der Waals surface area contributed by atoms with Gasteiger partial charge in [-0.3, -0.25) is 0 Å². The summed E-state index contributed by atoms with van der Waals surface area (Å²) < 4.78 is 11.6. The Labute approximate surface area is 133 Å². The summed E-state index contributed by atoms with van der Waals surface area (Å²) in [6.07, 6.45) is 1.76. The van der Waals surface area contributed by atoms with Crippen molar-refractivity contribution in [3.05, 3.63) is 48.2 Å². The third-order valence-corrected chi connectivity index (χ3v) is 3.98. The molecule has 0 saturated heterocycles. The van der Waals surface area contributed by atoms with Crippen LogP contribution in [0.5, 0.6) is 5.75 Å². The molecule has 0 aliphatic carbocycles. The van der Waals surface area contributed by atoms with Crippen LogP contribution in [0.3, 0.4) is 0 Å². The molecule has 0 radical (unpaired) electrons. The molecule has 0 N–H and O–H groups in total. The second-order valence-electron chi connectivity index (χ2n) is 4.34. The molecule has 116 valence electrons. The maximum absolute atomic E-state index is 11.8. The number of aromatic nitrogens is 3. The zero-order chi connectivity index (χ0) is 15.9. The van der Waals surface area contributed by atoms with Crippen molar-refractivity contribution in [2.75, 3.05) is 20.0 Å². The molecule has 0 aliphatic rings. The molecule has 2 aromatic rings. The Morgan fingerprint density at radius 3 is 2.68 bits per heavy atom. The minimum Gasteiger partial charge on any atom is -0.497 e. The van der Waals surface area contributed by atoms with Gasteiger partial charge in [0, 0.05) is 5.75 Å². The van der Waals surface area contributed by atoms with Crippen molar-refractivity contribution in [3.8, 4) is 5.75 Å². The molecule has 22 heavy (non-hydrogen) atoms. The fourth-order valence-corrected chi connectivity index (χ4v) is 2.60. The average Bonchev–Trinajstić information content (AvgIpc) is 2.95. The van der Waals surface area contributed by atoms with Crippen molar-refractivity contribution in [1.29, 1.82) is 0 Å². The second-order valence-corrected chi connectivity index (χ2v) is 5.35. The van der Waals surface area contributed by atoms with Crippen LogP contribution >= 0.6 is 11.8 Å². The highest BCUT2D eigenvalue weighted by molar-refractivity contribution is 7.99. The van der Waals surface area contributed by atoms with E-state index in [0.29, 0.717) is 17.3 Å². The summed E-state index contributed by atoms with van der Waals surface area (Å²) in [6, 6.07) is 7.65. The van der Waals surface area contributed by atoms with Gasteiger partial charge in [0.2, 0.25) is 5.69 Å². The van der Waals surface area contributed by atoms with Crippen LogP contribution in [0.25, 0.3) is 0 Å². The van der Waals surface area contributed by atoms with Crippen LogP contribution in [-0.4, -0.2) is 40.9 Å². The zero-order valence-electron chi connectivity index (χ0n) is 12.5. The first-order chi connectivity index (χ1) is 10.7. The molecular weight excluding hydrogens is 302 g/mol. The molecular formula is C15H17N3O3S. The molecule has 7 heteroatoms. The highest BCUT2D eigenvalue weighted by Crippen LogP contribution is 2.23. The number of carbonyl (C=O) groups excluding carboxylic acids is 1. The molecule has 0 bridgehead atoms. The summed E-state index contributed by atoms with van der Waals surface area (Å²) in [5.41, 5.74) is 1.26. The lowest BCUT2D eigenvalue weighted by molar-refractivity contribution is 0.0589. The zero-order valence-corrected chi connectivity index (χ0v) is 13.3. The number of thioether (sulfide) groups is 1. The van der Waals surface area contributed by atoms with Crippen molar-refractivity contribution in [3.63, 3.8) is 0 Å². The van der Waals surface area contributed by atoms with E-state index in [1.54, 1.807) is 17.9 Å². The van der Waals surface area contributed by atoms with E-state index in [4.69, 9.17) is 9.47 Å². The number of hydrogen-bond acceptors (Lipinski definition) is 6. The molecule has 1 heterocycles. The second kappa shape index (κ2) is 7.65. The number of benzene rings is 1. The summed E-state index contributed by atoms with van der Waals surface area (Å²) in [6.45, 7) is 4.19. The van der Waals surface area contributed by atoms with Crippen molar-refractivity contribution < 1.29 is 14.3 Å². The first-order valence-electron chi connectivity index (χ1n) is 6.58. The predicted molar refractivity (Wildman–Crippen MR) is 84.4 cm³/mol. The Bertz CT molecular complexity index is 653. The van der Waals surface area contributed by atoms with Crippen molar-refractivity contribution in [2.45, 2.75) is 11.6 Å². The minimum atomic E-state index is -0.493. The van der Waals surface area contributed by atoms with E-state index in [-0.39, 0.29) is 5.69 Å². The molecule has 0 saturated carbocycles. The van der Waals surface area contributed by atoms with Crippen LogP contribution in [0.4, 0.5) is 0 Å². The van der Waals surface area contributed by atoms with Gasteiger partial charge in [0.25, 0.3) is 0 Å². The molecule has 0 fully saturated rings. The first-order valence-corrected chi connectivity index (χ1v) is 7.56. The fraction of sp³-hybridized carbons (Fsp3) is 0.267. The van der Waals surface area contributed by atoms with Crippen LogP contribution in [0, 0.1) is 0 Å². The van der Waals surface area contributed by atoms with Crippen LogP contribution in [0.2, 0.25) is 0 Å².